The smallest absolute Gasteiger partial charge is 0.417 e. The van der Waals surface area contributed by atoms with Crippen molar-refractivity contribution in [1.82, 2.24) is 9.47 Å². The molecule has 0 saturated heterocycles. The first kappa shape index (κ1) is 33.9. The molecule has 7 nitrogen and oxygen atoms in total. The third-order valence-corrected chi connectivity index (χ3v) is 7.90. The van der Waals surface area contributed by atoms with Crippen molar-refractivity contribution in [1.29, 1.82) is 5.26 Å². The number of ether oxygens (including phenoxy) is 2. The molecule has 1 atom stereocenters. The molecule has 1 amide bonds. The lowest BCUT2D eigenvalue weighted by Crippen LogP contribution is -2.29. The summed E-state index contributed by atoms with van der Waals surface area (Å²) in [5.41, 5.74) is -1.78. The van der Waals surface area contributed by atoms with Gasteiger partial charge >= 0.3 is 6.18 Å². The molecule has 1 heterocycles. The number of rotatable bonds is 9. The van der Waals surface area contributed by atoms with Crippen LogP contribution in [0.4, 0.5) is 17.6 Å². The zero-order valence-corrected chi connectivity index (χ0v) is 26.9. The summed E-state index contributed by atoms with van der Waals surface area (Å²) in [6, 6.07) is 26.2. The largest absolute Gasteiger partial charge is 0.488 e. The number of benzene rings is 4. The SMILES string of the molecule is CN(C)C(=O)c1cc(Oc2ccc(-c3cc(C(F)(F)F)c(C#N)c(=O)n3Cc3ccc(F)cc3P)cc2)ccc1OCc1ccccc1. The Labute approximate surface area is 275 Å². The van der Waals surface area contributed by atoms with E-state index in [1.54, 1.807) is 26.2 Å². The van der Waals surface area contributed by atoms with Gasteiger partial charge in [0.05, 0.1) is 23.4 Å². The molecule has 0 aliphatic rings. The van der Waals surface area contributed by atoms with Gasteiger partial charge in [-0.3, -0.25) is 9.59 Å². The van der Waals surface area contributed by atoms with E-state index in [0.717, 1.165) is 16.2 Å². The fraction of sp³-hybridized carbons (Fsp3) is 0.139. The van der Waals surface area contributed by atoms with Gasteiger partial charge in [0, 0.05) is 14.1 Å². The molecule has 0 N–H and O–H groups in total. The molecule has 244 valence electrons. The van der Waals surface area contributed by atoms with E-state index in [-0.39, 0.29) is 35.9 Å². The molecule has 0 aliphatic carbocycles. The highest BCUT2D eigenvalue weighted by Crippen LogP contribution is 2.35. The normalized spacial score (nSPS) is 11.1. The fourth-order valence-corrected chi connectivity index (χ4v) is 5.27. The molecular weight excluding hydrogens is 645 g/mol. The van der Waals surface area contributed by atoms with Gasteiger partial charge in [-0.15, -0.1) is 9.24 Å². The van der Waals surface area contributed by atoms with E-state index in [9.17, 15) is 32.4 Å². The average Bonchev–Trinajstić information content (AvgIpc) is 3.06. The van der Waals surface area contributed by atoms with Gasteiger partial charge in [-0.25, -0.2) is 4.39 Å². The van der Waals surface area contributed by atoms with Crippen LogP contribution < -0.4 is 20.3 Å². The number of hydrogen-bond acceptors (Lipinski definition) is 5. The van der Waals surface area contributed by atoms with Crippen LogP contribution in [0.5, 0.6) is 17.2 Å². The van der Waals surface area contributed by atoms with Gasteiger partial charge in [-0.05, 0) is 82.7 Å². The van der Waals surface area contributed by atoms with Gasteiger partial charge in [-0.1, -0.05) is 36.4 Å². The number of aromatic nitrogens is 1. The lowest BCUT2D eigenvalue weighted by molar-refractivity contribution is -0.137. The lowest BCUT2D eigenvalue weighted by Gasteiger charge is -2.19. The number of amides is 1. The molecule has 0 spiro atoms. The minimum atomic E-state index is -4.97. The molecule has 1 unspecified atom stereocenters. The van der Waals surface area contributed by atoms with Crippen molar-refractivity contribution in [2.75, 3.05) is 14.1 Å². The van der Waals surface area contributed by atoms with E-state index in [0.29, 0.717) is 28.1 Å². The lowest BCUT2D eigenvalue weighted by atomic mass is 10.0. The zero-order chi connectivity index (χ0) is 34.6. The van der Waals surface area contributed by atoms with E-state index >= 15 is 0 Å². The Morgan fingerprint density at radius 2 is 1.62 bits per heavy atom. The van der Waals surface area contributed by atoms with Crippen LogP contribution in [0.2, 0.25) is 0 Å². The number of carbonyl (C=O) groups excluding carboxylic acids is 1. The fourth-order valence-electron chi connectivity index (χ4n) is 4.93. The highest BCUT2D eigenvalue weighted by molar-refractivity contribution is 7.27. The Bertz CT molecular complexity index is 2070. The van der Waals surface area contributed by atoms with Crippen molar-refractivity contribution in [2.45, 2.75) is 19.3 Å². The van der Waals surface area contributed by atoms with E-state index in [1.807, 2.05) is 30.3 Å². The number of nitrogens with zero attached hydrogens (tertiary/aromatic N) is 3. The molecule has 0 fully saturated rings. The number of nitriles is 1. The number of halogens is 4. The molecule has 0 saturated carbocycles. The maximum Gasteiger partial charge on any atom is 0.417 e. The molecule has 5 aromatic rings. The van der Waals surface area contributed by atoms with E-state index in [4.69, 9.17) is 9.47 Å². The second kappa shape index (κ2) is 14.1. The molecule has 1 aromatic heterocycles. The Balaban J connectivity index is 1.49. The van der Waals surface area contributed by atoms with Crippen LogP contribution in [-0.2, 0) is 19.3 Å². The first-order chi connectivity index (χ1) is 22.8. The number of pyridine rings is 1. The molecule has 0 aliphatic heterocycles. The molecule has 4 aromatic carbocycles. The van der Waals surface area contributed by atoms with E-state index in [2.05, 4.69) is 9.24 Å². The maximum absolute atomic E-state index is 14.0. The van der Waals surface area contributed by atoms with Crippen molar-refractivity contribution in [3.05, 3.63) is 141 Å². The molecule has 5 rings (SSSR count). The minimum absolute atomic E-state index is 0.106. The summed E-state index contributed by atoms with van der Waals surface area (Å²) >= 11 is 0. The van der Waals surface area contributed by atoms with Gasteiger partial charge in [-0.2, -0.15) is 18.4 Å². The molecule has 48 heavy (non-hydrogen) atoms. The molecule has 0 radical (unpaired) electrons. The minimum Gasteiger partial charge on any atom is -0.488 e. The second-order valence-corrected chi connectivity index (χ2v) is 11.5. The Morgan fingerprint density at radius 3 is 2.25 bits per heavy atom. The standard InChI is InChI=1S/C36H28F4N3O4P/c1-42(2)34(44)28-17-27(14-15-32(28)46-21-22-6-4-3-5-7-22)47-26-12-9-23(10-13-26)31-18-30(36(38,39)40)29(19-41)35(45)43(31)20-24-8-11-25(37)16-33(24)48/h3-18H,20-21,48H2,1-2H3. The van der Waals surface area contributed by atoms with Gasteiger partial charge in [0.15, 0.2) is 0 Å². The van der Waals surface area contributed by atoms with Gasteiger partial charge in [0.25, 0.3) is 11.5 Å². The van der Waals surface area contributed by atoms with Crippen molar-refractivity contribution in [2.24, 2.45) is 0 Å². The summed E-state index contributed by atoms with van der Waals surface area (Å²) in [6.07, 6.45) is -4.97. The van der Waals surface area contributed by atoms with Crippen LogP contribution in [0, 0.1) is 17.1 Å². The van der Waals surface area contributed by atoms with Gasteiger partial charge < -0.3 is 18.9 Å². The van der Waals surface area contributed by atoms with Crippen LogP contribution in [0.25, 0.3) is 11.3 Å². The Hall–Kier alpha value is -5.46. The van der Waals surface area contributed by atoms with Gasteiger partial charge in [0.1, 0.15) is 41.3 Å². The first-order valence-electron chi connectivity index (χ1n) is 14.5. The van der Waals surface area contributed by atoms with Crippen molar-refractivity contribution >= 4 is 20.5 Å². The molecule has 0 bridgehead atoms. The van der Waals surface area contributed by atoms with Crippen molar-refractivity contribution in [3.63, 3.8) is 0 Å². The number of carbonyl (C=O) groups is 1. The van der Waals surface area contributed by atoms with Crippen LogP contribution in [0.15, 0.2) is 102 Å². The van der Waals surface area contributed by atoms with E-state index in [1.165, 1.54) is 59.5 Å². The summed E-state index contributed by atoms with van der Waals surface area (Å²) in [4.78, 5) is 27.7. The second-order valence-electron chi connectivity index (χ2n) is 10.9. The number of hydrogen-bond donors (Lipinski definition) is 0. The van der Waals surface area contributed by atoms with Crippen LogP contribution in [0.3, 0.4) is 0 Å². The van der Waals surface area contributed by atoms with Crippen LogP contribution in [-0.4, -0.2) is 29.5 Å². The quantitative estimate of drug-likeness (QED) is 0.122. The average molecular weight is 674 g/mol. The summed E-state index contributed by atoms with van der Waals surface area (Å²) < 4.78 is 68.7. The highest BCUT2D eigenvalue weighted by atomic mass is 31.0. The number of alkyl halides is 3. The molecular formula is C36H28F4N3O4P. The Kier molecular flexibility index (Phi) is 9.97. The first-order valence-corrected chi connectivity index (χ1v) is 15.0. The predicted molar refractivity (Wildman–Crippen MR) is 176 cm³/mol. The predicted octanol–water partition coefficient (Wildman–Crippen LogP) is 7.17. The third-order valence-electron chi connectivity index (χ3n) is 7.36. The van der Waals surface area contributed by atoms with Crippen molar-refractivity contribution < 1.29 is 31.8 Å². The Morgan fingerprint density at radius 1 is 0.938 bits per heavy atom. The molecule has 12 heteroatoms. The summed E-state index contributed by atoms with van der Waals surface area (Å²) in [5, 5.41) is 9.90. The zero-order valence-electron chi connectivity index (χ0n) is 25.7. The van der Waals surface area contributed by atoms with Crippen LogP contribution >= 0.6 is 9.24 Å². The van der Waals surface area contributed by atoms with Crippen molar-refractivity contribution in [3.8, 4) is 34.6 Å². The van der Waals surface area contributed by atoms with Crippen LogP contribution in [0.1, 0.15) is 32.6 Å². The summed E-state index contributed by atoms with van der Waals surface area (Å²) in [5.74, 6) is 0.120. The highest BCUT2D eigenvalue weighted by Gasteiger charge is 2.36. The monoisotopic (exact) mass is 673 g/mol. The third kappa shape index (κ3) is 7.56. The summed E-state index contributed by atoms with van der Waals surface area (Å²) in [6.45, 7) is 0.0198. The topological polar surface area (TPSA) is 84.6 Å². The van der Waals surface area contributed by atoms with E-state index < -0.39 is 28.7 Å². The summed E-state index contributed by atoms with van der Waals surface area (Å²) in [7, 11) is 5.55. The van der Waals surface area contributed by atoms with Gasteiger partial charge in [0.2, 0.25) is 0 Å². The maximum atomic E-state index is 14.0.